The molecular weight excluding hydrogens is 156 g/mol. The number of rotatable bonds is 3. The topological polar surface area (TPSA) is 46.5 Å². The first-order chi connectivity index (χ1) is 5.34. The minimum atomic E-state index is -0.817. The van der Waals surface area contributed by atoms with Crippen molar-refractivity contribution in [3.63, 3.8) is 0 Å². The molecular formula is C9H18O3. The summed E-state index contributed by atoms with van der Waals surface area (Å²) in [6.45, 7) is 7.11. The Hall–Kier alpha value is -0.570. The number of aliphatic hydroxyl groups excluding tert-OH is 1. The molecule has 0 heterocycles. The summed E-state index contributed by atoms with van der Waals surface area (Å²) in [6, 6.07) is 0. The van der Waals surface area contributed by atoms with Gasteiger partial charge in [0, 0.05) is 0 Å². The lowest BCUT2D eigenvalue weighted by Crippen LogP contribution is -2.41. The predicted molar refractivity (Wildman–Crippen MR) is 46.6 cm³/mol. The summed E-state index contributed by atoms with van der Waals surface area (Å²) in [5, 5.41) is 9.65. The molecule has 0 amide bonds. The van der Waals surface area contributed by atoms with E-state index in [0.717, 1.165) is 0 Å². The maximum atomic E-state index is 11.2. The van der Waals surface area contributed by atoms with Gasteiger partial charge in [-0.05, 0) is 19.8 Å². The van der Waals surface area contributed by atoms with Crippen LogP contribution in [0.25, 0.3) is 0 Å². The van der Waals surface area contributed by atoms with Gasteiger partial charge in [-0.2, -0.15) is 0 Å². The standard InChI is InChI=1S/C9H18O3/c1-6(2)7(10)9(3,4)8(11)12-5/h6-7,10H,1-5H3/t7-/m1/s1. The van der Waals surface area contributed by atoms with Crippen molar-refractivity contribution in [2.45, 2.75) is 33.8 Å². The Morgan fingerprint density at radius 1 is 1.42 bits per heavy atom. The molecule has 1 atom stereocenters. The van der Waals surface area contributed by atoms with E-state index in [-0.39, 0.29) is 11.9 Å². The second-order valence-corrected chi connectivity index (χ2v) is 3.90. The molecule has 0 aromatic carbocycles. The van der Waals surface area contributed by atoms with Gasteiger partial charge in [0.2, 0.25) is 0 Å². The second-order valence-electron chi connectivity index (χ2n) is 3.90. The molecule has 0 rings (SSSR count). The first-order valence-corrected chi connectivity index (χ1v) is 4.10. The Bertz CT molecular complexity index is 161. The van der Waals surface area contributed by atoms with Gasteiger partial charge in [-0.15, -0.1) is 0 Å². The molecule has 0 unspecified atom stereocenters. The number of esters is 1. The Morgan fingerprint density at radius 3 is 2.08 bits per heavy atom. The normalized spacial score (nSPS) is 14.6. The van der Waals surface area contributed by atoms with E-state index in [4.69, 9.17) is 0 Å². The van der Waals surface area contributed by atoms with Crippen LogP contribution in [0, 0.1) is 11.3 Å². The maximum absolute atomic E-state index is 11.2. The molecule has 72 valence electrons. The number of carbonyl (C=O) groups is 1. The average molecular weight is 174 g/mol. The van der Waals surface area contributed by atoms with Gasteiger partial charge in [0.25, 0.3) is 0 Å². The quantitative estimate of drug-likeness (QED) is 0.654. The Morgan fingerprint density at radius 2 is 1.83 bits per heavy atom. The number of ether oxygens (including phenoxy) is 1. The van der Waals surface area contributed by atoms with E-state index < -0.39 is 11.5 Å². The molecule has 3 nitrogen and oxygen atoms in total. The zero-order chi connectivity index (χ0) is 9.94. The Kier molecular flexibility index (Phi) is 3.71. The molecule has 12 heavy (non-hydrogen) atoms. The first kappa shape index (κ1) is 11.4. The molecule has 0 saturated heterocycles. The van der Waals surface area contributed by atoms with E-state index in [2.05, 4.69) is 4.74 Å². The van der Waals surface area contributed by atoms with Gasteiger partial charge in [0.1, 0.15) is 0 Å². The van der Waals surface area contributed by atoms with E-state index in [9.17, 15) is 9.90 Å². The minimum absolute atomic E-state index is 0.0547. The minimum Gasteiger partial charge on any atom is -0.469 e. The Labute approximate surface area is 73.7 Å². The summed E-state index contributed by atoms with van der Waals surface area (Å²) >= 11 is 0. The SMILES string of the molecule is COC(=O)C(C)(C)[C@H](O)C(C)C. The van der Waals surface area contributed by atoms with Crippen molar-refractivity contribution >= 4 is 5.97 Å². The molecule has 0 bridgehead atoms. The molecule has 0 saturated carbocycles. The van der Waals surface area contributed by atoms with Crippen molar-refractivity contribution < 1.29 is 14.6 Å². The first-order valence-electron chi connectivity index (χ1n) is 4.10. The van der Waals surface area contributed by atoms with Crippen LogP contribution in [-0.4, -0.2) is 24.3 Å². The van der Waals surface area contributed by atoms with Crippen molar-refractivity contribution in [1.29, 1.82) is 0 Å². The van der Waals surface area contributed by atoms with Crippen LogP contribution in [0.5, 0.6) is 0 Å². The lowest BCUT2D eigenvalue weighted by molar-refractivity contribution is -0.159. The van der Waals surface area contributed by atoms with Crippen molar-refractivity contribution in [3.05, 3.63) is 0 Å². The van der Waals surface area contributed by atoms with E-state index in [1.54, 1.807) is 13.8 Å². The summed E-state index contributed by atoms with van der Waals surface area (Å²) in [5.41, 5.74) is -0.817. The fraction of sp³-hybridized carbons (Fsp3) is 0.889. The number of methoxy groups -OCH3 is 1. The van der Waals surface area contributed by atoms with Crippen LogP contribution < -0.4 is 0 Å². The smallest absolute Gasteiger partial charge is 0.313 e. The molecule has 0 fully saturated rings. The summed E-state index contributed by atoms with van der Waals surface area (Å²) in [6.07, 6.45) is -0.662. The largest absolute Gasteiger partial charge is 0.469 e. The molecule has 3 heteroatoms. The molecule has 0 aliphatic carbocycles. The zero-order valence-electron chi connectivity index (χ0n) is 8.42. The van der Waals surface area contributed by atoms with Crippen molar-refractivity contribution in [3.8, 4) is 0 Å². The van der Waals surface area contributed by atoms with Gasteiger partial charge in [-0.25, -0.2) is 0 Å². The van der Waals surface area contributed by atoms with E-state index in [0.29, 0.717) is 0 Å². The van der Waals surface area contributed by atoms with Crippen LogP contribution in [0.2, 0.25) is 0 Å². The molecule has 1 N–H and O–H groups in total. The summed E-state index contributed by atoms with van der Waals surface area (Å²) in [4.78, 5) is 11.2. The van der Waals surface area contributed by atoms with Gasteiger partial charge in [0.05, 0.1) is 18.6 Å². The summed E-state index contributed by atoms with van der Waals surface area (Å²) < 4.78 is 4.59. The fourth-order valence-electron chi connectivity index (χ4n) is 1.22. The van der Waals surface area contributed by atoms with Crippen LogP contribution in [0.3, 0.4) is 0 Å². The molecule has 0 aliphatic heterocycles. The Balaban J connectivity index is 4.48. The predicted octanol–water partition coefficient (Wildman–Crippen LogP) is 1.20. The molecule has 0 radical (unpaired) electrons. The highest BCUT2D eigenvalue weighted by molar-refractivity contribution is 5.76. The highest BCUT2D eigenvalue weighted by Crippen LogP contribution is 2.27. The van der Waals surface area contributed by atoms with E-state index in [1.165, 1.54) is 7.11 Å². The van der Waals surface area contributed by atoms with Crippen LogP contribution in [-0.2, 0) is 9.53 Å². The van der Waals surface area contributed by atoms with Crippen LogP contribution in [0.4, 0.5) is 0 Å². The van der Waals surface area contributed by atoms with Gasteiger partial charge in [-0.3, -0.25) is 4.79 Å². The maximum Gasteiger partial charge on any atom is 0.313 e. The number of hydrogen-bond donors (Lipinski definition) is 1. The van der Waals surface area contributed by atoms with Gasteiger partial charge >= 0.3 is 5.97 Å². The van der Waals surface area contributed by atoms with Crippen LogP contribution in [0.15, 0.2) is 0 Å². The second kappa shape index (κ2) is 3.90. The van der Waals surface area contributed by atoms with Crippen molar-refractivity contribution in [2.24, 2.45) is 11.3 Å². The molecule has 0 aliphatic rings. The van der Waals surface area contributed by atoms with Crippen molar-refractivity contribution in [1.82, 2.24) is 0 Å². The van der Waals surface area contributed by atoms with E-state index >= 15 is 0 Å². The summed E-state index contributed by atoms with van der Waals surface area (Å²) in [7, 11) is 1.33. The number of hydrogen-bond acceptors (Lipinski definition) is 3. The fourth-order valence-corrected chi connectivity index (χ4v) is 1.22. The highest BCUT2D eigenvalue weighted by Gasteiger charge is 2.38. The third-order valence-corrected chi connectivity index (χ3v) is 2.08. The monoisotopic (exact) mass is 174 g/mol. The van der Waals surface area contributed by atoms with Gasteiger partial charge < -0.3 is 9.84 Å². The lowest BCUT2D eigenvalue weighted by atomic mass is 9.81. The number of carbonyl (C=O) groups excluding carboxylic acids is 1. The average Bonchev–Trinajstić information content (AvgIpc) is 2.01. The molecule has 0 aromatic heterocycles. The third kappa shape index (κ3) is 2.21. The third-order valence-electron chi connectivity index (χ3n) is 2.08. The zero-order valence-corrected chi connectivity index (χ0v) is 8.42. The van der Waals surface area contributed by atoms with Crippen LogP contribution >= 0.6 is 0 Å². The number of aliphatic hydroxyl groups is 1. The van der Waals surface area contributed by atoms with Crippen molar-refractivity contribution in [2.75, 3.05) is 7.11 Å². The highest BCUT2D eigenvalue weighted by atomic mass is 16.5. The molecule has 0 aromatic rings. The van der Waals surface area contributed by atoms with Gasteiger partial charge in [0.15, 0.2) is 0 Å². The molecule has 0 spiro atoms. The van der Waals surface area contributed by atoms with Gasteiger partial charge in [-0.1, -0.05) is 13.8 Å². The van der Waals surface area contributed by atoms with E-state index in [1.807, 2.05) is 13.8 Å². The summed E-state index contributed by atoms with van der Waals surface area (Å²) in [5.74, 6) is -0.317. The van der Waals surface area contributed by atoms with Crippen LogP contribution in [0.1, 0.15) is 27.7 Å². The lowest BCUT2D eigenvalue weighted by Gasteiger charge is -2.30.